The molecule has 1 aromatic carbocycles. The number of hydrogen-bond acceptors (Lipinski definition) is 6. The first kappa shape index (κ1) is 15.3. The maximum Gasteiger partial charge on any atom is 0.246 e. The van der Waals surface area contributed by atoms with Crippen molar-refractivity contribution in [3.63, 3.8) is 0 Å². The quantitative estimate of drug-likeness (QED) is 0.824. The lowest BCUT2D eigenvalue weighted by molar-refractivity contribution is 0.00718. The SMILES string of the molecule is COC(c1noc(CNc2ccc(O)cc2)n1)C(C)(C)C. The number of aromatic hydroxyl groups is 1. The molecule has 0 amide bonds. The average molecular weight is 291 g/mol. The maximum absolute atomic E-state index is 9.23. The van der Waals surface area contributed by atoms with Crippen LogP contribution in [0.1, 0.15) is 38.6 Å². The molecule has 21 heavy (non-hydrogen) atoms. The van der Waals surface area contributed by atoms with Gasteiger partial charge in [-0.2, -0.15) is 4.98 Å². The summed E-state index contributed by atoms with van der Waals surface area (Å²) in [6.07, 6.45) is -0.219. The highest BCUT2D eigenvalue weighted by atomic mass is 16.5. The number of hydrogen-bond donors (Lipinski definition) is 2. The van der Waals surface area contributed by atoms with Gasteiger partial charge in [0, 0.05) is 12.8 Å². The van der Waals surface area contributed by atoms with E-state index in [1.807, 2.05) is 0 Å². The van der Waals surface area contributed by atoms with E-state index >= 15 is 0 Å². The van der Waals surface area contributed by atoms with Crippen molar-refractivity contribution in [3.8, 4) is 5.75 Å². The van der Waals surface area contributed by atoms with Gasteiger partial charge in [0.25, 0.3) is 0 Å². The molecule has 114 valence electrons. The van der Waals surface area contributed by atoms with Crippen molar-refractivity contribution in [1.29, 1.82) is 0 Å². The van der Waals surface area contributed by atoms with Crippen molar-refractivity contribution in [2.75, 3.05) is 12.4 Å². The van der Waals surface area contributed by atoms with Crippen LogP contribution >= 0.6 is 0 Å². The number of benzene rings is 1. The number of methoxy groups -OCH3 is 1. The van der Waals surface area contributed by atoms with Crippen molar-refractivity contribution in [2.24, 2.45) is 5.41 Å². The van der Waals surface area contributed by atoms with Crippen molar-refractivity contribution in [3.05, 3.63) is 36.0 Å². The van der Waals surface area contributed by atoms with Gasteiger partial charge in [-0.1, -0.05) is 25.9 Å². The molecule has 6 heteroatoms. The van der Waals surface area contributed by atoms with Crippen LogP contribution in [0.15, 0.2) is 28.8 Å². The first-order chi connectivity index (χ1) is 9.90. The molecule has 1 heterocycles. The molecular weight excluding hydrogens is 270 g/mol. The van der Waals surface area contributed by atoms with E-state index in [0.29, 0.717) is 18.3 Å². The Morgan fingerprint density at radius 1 is 1.29 bits per heavy atom. The van der Waals surface area contributed by atoms with Crippen molar-refractivity contribution < 1.29 is 14.4 Å². The summed E-state index contributed by atoms with van der Waals surface area (Å²) in [6.45, 7) is 6.60. The molecule has 0 spiro atoms. The fourth-order valence-electron chi connectivity index (χ4n) is 2.05. The minimum Gasteiger partial charge on any atom is -0.508 e. The highest BCUT2D eigenvalue weighted by Gasteiger charge is 2.30. The van der Waals surface area contributed by atoms with Gasteiger partial charge >= 0.3 is 0 Å². The first-order valence-corrected chi connectivity index (χ1v) is 6.78. The van der Waals surface area contributed by atoms with Crippen molar-refractivity contribution in [2.45, 2.75) is 33.4 Å². The van der Waals surface area contributed by atoms with E-state index in [4.69, 9.17) is 9.26 Å². The number of nitrogens with one attached hydrogen (secondary N) is 1. The zero-order valence-corrected chi connectivity index (χ0v) is 12.8. The molecule has 1 atom stereocenters. The summed E-state index contributed by atoms with van der Waals surface area (Å²) in [6, 6.07) is 6.78. The van der Waals surface area contributed by atoms with Crippen molar-refractivity contribution >= 4 is 5.69 Å². The minimum atomic E-state index is -0.219. The molecular formula is C15H21N3O3. The van der Waals surface area contributed by atoms with Gasteiger partial charge in [-0.05, 0) is 29.7 Å². The molecule has 2 aromatic rings. The van der Waals surface area contributed by atoms with Gasteiger partial charge in [0.15, 0.2) is 0 Å². The van der Waals surface area contributed by atoms with Crippen LogP contribution in [0.5, 0.6) is 5.75 Å². The first-order valence-electron chi connectivity index (χ1n) is 6.78. The average Bonchev–Trinajstić information content (AvgIpc) is 2.86. The van der Waals surface area contributed by atoms with Gasteiger partial charge in [-0.15, -0.1) is 0 Å². The second-order valence-electron chi connectivity index (χ2n) is 5.93. The van der Waals surface area contributed by atoms with E-state index in [1.165, 1.54) is 0 Å². The Labute approximate surface area is 124 Å². The van der Waals surface area contributed by atoms with Crippen LogP contribution in [0.4, 0.5) is 5.69 Å². The summed E-state index contributed by atoms with van der Waals surface area (Å²) in [5.74, 6) is 1.27. The van der Waals surface area contributed by atoms with Crippen LogP contribution in [-0.4, -0.2) is 22.4 Å². The standard InChI is InChI=1S/C15H21N3O3/c1-15(2,3)13(20-4)14-17-12(21-18-14)9-16-10-5-7-11(19)8-6-10/h5-8,13,16,19H,9H2,1-4H3. The monoisotopic (exact) mass is 291 g/mol. The van der Waals surface area contributed by atoms with Crippen LogP contribution in [-0.2, 0) is 11.3 Å². The Balaban J connectivity index is 2.01. The number of anilines is 1. The lowest BCUT2D eigenvalue weighted by atomic mass is 9.88. The lowest BCUT2D eigenvalue weighted by Gasteiger charge is -2.26. The van der Waals surface area contributed by atoms with Gasteiger partial charge in [0.2, 0.25) is 11.7 Å². The van der Waals surface area contributed by atoms with E-state index in [2.05, 4.69) is 36.2 Å². The molecule has 0 radical (unpaired) electrons. The third kappa shape index (κ3) is 3.95. The van der Waals surface area contributed by atoms with Crippen LogP contribution in [0.2, 0.25) is 0 Å². The third-order valence-electron chi connectivity index (χ3n) is 3.05. The van der Waals surface area contributed by atoms with E-state index in [0.717, 1.165) is 5.69 Å². The van der Waals surface area contributed by atoms with Crippen LogP contribution in [0.25, 0.3) is 0 Å². The molecule has 0 saturated carbocycles. The molecule has 2 rings (SSSR count). The minimum absolute atomic E-state index is 0.111. The van der Waals surface area contributed by atoms with Crippen molar-refractivity contribution in [1.82, 2.24) is 10.1 Å². The number of rotatable bonds is 5. The number of phenolic OH excluding ortho intramolecular Hbond substituents is 1. The zero-order chi connectivity index (χ0) is 15.5. The Kier molecular flexibility index (Phi) is 4.47. The lowest BCUT2D eigenvalue weighted by Crippen LogP contribution is -2.21. The molecule has 1 unspecified atom stereocenters. The Hall–Kier alpha value is -2.08. The Morgan fingerprint density at radius 3 is 2.52 bits per heavy atom. The smallest absolute Gasteiger partial charge is 0.246 e. The second-order valence-corrected chi connectivity index (χ2v) is 5.93. The Bertz CT molecular complexity index is 573. The molecule has 0 aliphatic carbocycles. The molecule has 0 fully saturated rings. The number of phenols is 1. The summed E-state index contributed by atoms with van der Waals surface area (Å²) in [5.41, 5.74) is 0.756. The summed E-state index contributed by atoms with van der Waals surface area (Å²) in [4.78, 5) is 4.37. The molecule has 1 aromatic heterocycles. The normalized spacial score (nSPS) is 13.1. The molecule has 6 nitrogen and oxygen atoms in total. The van der Waals surface area contributed by atoms with E-state index in [9.17, 15) is 5.11 Å². The highest BCUT2D eigenvalue weighted by molar-refractivity contribution is 5.45. The van der Waals surface area contributed by atoms with Gasteiger partial charge in [0.1, 0.15) is 11.9 Å². The van der Waals surface area contributed by atoms with Gasteiger partial charge in [-0.25, -0.2) is 0 Å². The molecule has 0 aliphatic rings. The summed E-state index contributed by atoms with van der Waals surface area (Å²) < 4.78 is 10.7. The van der Waals surface area contributed by atoms with Gasteiger partial charge < -0.3 is 19.7 Å². The third-order valence-corrected chi connectivity index (χ3v) is 3.05. The number of nitrogens with zero attached hydrogens (tertiary/aromatic N) is 2. The number of ether oxygens (including phenoxy) is 1. The second kappa shape index (κ2) is 6.13. The fourth-order valence-corrected chi connectivity index (χ4v) is 2.05. The van der Waals surface area contributed by atoms with Crippen LogP contribution in [0.3, 0.4) is 0 Å². The molecule has 0 aliphatic heterocycles. The van der Waals surface area contributed by atoms with E-state index in [-0.39, 0.29) is 17.3 Å². The van der Waals surface area contributed by atoms with E-state index < -0.39 is 0 Å². The largest absolute Gasteiger partial charge is 0.508 e. The predicted molar refractivity (Wildman–Crippen MR) is 78.9 cm³/mol. The van der Waals surface area contributed by atoms with Gasteiger partial charge in [-0.3, -0.25) is 0 Å². The topological polar surface area (TPSA) is 80.4 Å². The summed E-state index contributed by atoms with van der Waals surface area (Å²) in [7, 11) is 1.64. The Morgan fingerprint density at radius 2 is 1.95 bits per heavy atom. The van der Waals surface area contributed by atoms with Crippen LogP contribution < -0.4 is 5.32 Å². The maximum atomic E-state index is 9.23. The fraction of sp³-hybridized carbons (Fsp3) is 0.467. The molecule has 0 saturated heterocycles. The summed E-state index contributed by atoms with van der Waals surface area (Å²) >= 11 is 0. The predicted octanol–water partition coefficient (Wildman–Crippen LogP) is 3.12. The number of aromatic nitrogens is 2. The molecule has 0 bridgehead atoms. The van der Waals surface area contributed by atoms with Crippen LogP contribution in [0, 0.1) is 5.41 Å². The zero-order valence-electron chi connectivity index (χ0n) is 12.8. The molecule has 2 N–H and O–H groups in total. The van der Waals surface area contributed by atoms with E-state index in [1.54, 1.807) is 31.4 Å². The van der Waals surface area contributed by atoms with Gasteiger partial charge in [0.05, 0.1) is 6.54 Å². The summed E-state index contributed by atoms with van der Waals surface area (Å²) in [5, 5.41) is 16.4. The highest BCUT2D eigenvalue weighted by Crippen LogP contribution is 2.33.